The monoisotopic (exact) mass is 304 g/mol. The molecule has 2 aliphatic heterocycles. The molecule has 2 aliphatic rings. The Morgan fingerprint density at radius 3 is 2.40 bits per heavy atom. The topological polar surface area (TPSA) is 58.6 Å². The quantitative estimate of drug-likeness (QED) is 0.801. The minimum absolute atomic E-state index is 0.285. The van der Waals surface area contributed by atoms with E-state index in [2.05, 4.69) is 5.32 Å². The molecule has 20 heavy (non-hydrogen) atoms. The van der Waals surface area contributed by atoms with Crippen molar-refractivity contribution in [1.29, 1.82) is 0 Å². The molecule has 0 bridgehead atoms. The molecule has 2 rings (SSSR count). The first kappa shape index (κ1) is 16.2. The Morgan fingerprint density at radius 2 is 1.80 bits per heavy atom. The van der Waals surface area contributed by atoms with Crippen LogP contribution in [-0.4, -0.2) is 57.4 Å². The SMILES string of the molecule is CCCS(=O)(=O)N1CCC(NCC2CCOCC2)CC1. The minimum Gasteiger partial charge on any atom is -0.381 e. The molecule has 0 aromatic rings. The number of ether oxygens (including phenoxy) is 1. The number of sulfonamides is 1. The van der Waals surface area contributed by atoms with Gasteiger partial charge in [0.15, 0.2) is 0 Å². The molecule has 0 spiro atoms. The van der Waals surface area contributed by atoms with E-state index in [9.17, 15) is 8.42 Å². The molecule has 0 radical (unpaired) electrons. The van der Waals surface area contributed by atoms with E-state index < -0.39 is 10.0 Å². The van der Waals surface area contributed by atoms with Crippen LogP contribution in [0.3, 0.4) is 0 Å². The van der Waals surface area contributed by atoms with E-state index in [-0.39, 0.29) is 5.75 Å². The highest BCUT2D eigenvalue weighted by Crippen LogP contribution is 2.17. The van der Waals surface area contributed by atoms with Crippen LogP contribution in [0.15, 0.2) is 0 Å². The maximum atomic E-state index is 12.0. The van der Waals surface area contributed by atoms with E-state index in [1.807, 2.05) is 6.92 Å². The van der Waals surface area contributed by atoms with Crippen molar-refractivity contribution >= 4 is 10.0 Å². The van der Waals surface area contributed by atoms with Crippen molar-refractivity contribution in [3.05, 3.63) is 0 Å². The second-order valence-corrected chi connectivity index (χ2v) is 8.04. The molecule has 2 saturated heterocycles. The summed E-state index contributed by atoms with van der Waals surface area (Å²) in [6.07, 6.45) is 4.87. The molecular formula is C14H28N2O3S. The molecular weight excluding hydrogens is 276 g/mol. The molecule has 6 heteroatoms. The van der Waals surface area contributed by atoms with E-state index in [1.165, 1.54) is 0 Å². The summed E-state index contributed by atoms with van der Waals surface area (Å²) in [5, 5.41) is 3.62. The molecule has 0 amide bonds. The third-order valence-corrected chi connectivity index (χ3v) is 6.42. The van der Waals surface area contributed by atoms with Crippen LogP contribution in [0, 0.1) is 5.92 Å². The lowest BCUT2D eigenvalue weighted by molar-refractivity contribution is 0.0648. The van der Waals surface area contributed by atoms with Crippen LogP contribution in [0.5, 0.6) is 0 Å². The van der Waals surface area contributed by atoms with Crippen molar-refractivity contribution in [2.45, 2.75) is 45.1 Å². The fraction of sp³-hybridized carbons (Fsp3) is 1.00. The normalized spacial score (nSPS) is 24.1. The van der Waals surface area contributed by atoms with Crippen molar-refractivity contribution in [2.75, 3.05) is 38.6 Å². The Hall–Kier alpha value is -0.170. The second-order valence-electron chi connectivity index (χ2n) is 5.95. The third kappa shape index (κ3) is 4.69. The van der Waals surface area contributed by atoms with Gasteiger partial charge in [0.25, 0.3) is 0 Å². The number of nitrogens with one attached hydrogen (secondary N) is 1. The molecule has 2 fully saturated rings. The molecule has 0 aromatic carbocycles. The van der Waals surface area contributed by atoms with Gasteiger partial charge in [-0.05, 0) is 44.6 Å². The molecule has 2 heterocycles. The first-order chi connectivity index (χ1) is 9.62. The lowest BCUT2D eigenvalue weighted by Crippen LogP contribution is -2.46. The molecule has 5 nitrogen and oxygen atoms in total. The zero-order valence-electron chi connectivity index (χ0n) is 12.5. The molecule has 0 atom stereocenters. The summed E-state index contributed by atoms with van der Waals surface area (Å²) in [7, 11) is -3.00. The first-order valence-electron chi connectivity index (χ1n) is 7.90. The number of rotatable bonds is 6. The average Bonchev–Trinajstić information content (AvgIpc) is 2.47. The lowest BCUT2D eigenvalue weighted by atomic mass is 9.99. The van der Waals surface area contributed by atoms with E-state index in [0.29, 0.717) is 25.6 Å². The minimum atomic E-state index is -3.00. The summed E-state index contributed by atoms with van der Waals surface area (Å²) >= 11 is 0. The van der Waals surface area contributed by atoms with E-state index in [4.69, 9.17) is 4.74 Å². The summed E-state index contributed by atoms with van der Waals surface area (Å²) in [4.78, 5) is 0. The zero-order valence-corrected chi connectivity index (χ0v) is 13.3. The first-order valence-corrected chi connectivity index (χ1v) is 9.51. The number of piperidine rings is 1. The van der Waals surface area contributed by atoms with Crippen molar-refractivity contribution in [3.63, 3.8) is 0 Å². The maximum Gasteiger partial charge on any atom is 0.214 e. The third-order valence-electron chi connectivity index (χ3n) is 4.35. The second kappa shape index (κ2) is 7.73. The fourth-order valence-electron chi connectivity index (χ4n) is 3.01. The Balaban J connectivity index is 1.68. The molecule has 1 N–H and O–H groups in total. The highest BCUT2D eigenvalue weighted by Gasteiger charge is 2.27. The van der Waals surface area contributed by atoms with Gasteiger partial charge in [-0.3, -0.25) is 0 Å². The summed E-state index contributed by atoms with van der Waals surface area (Å²) in [5.74, 6) is 1.01. The van der Waals surface area contributed by atoms with Gasteiger partial charge >= 0.3 is 0 Å². The highest BCUT2D eigenvalue weighted by molar-refractivity contribution is 7.89. The van der Waals surface area contributed by atoms with Gasteiger partial charge in [-0.15, -0.1) is 0 Å². The average molecular weight is 304 g/mol. The van der Waals surface area contributed by atoms with Gasteiger partial charge in [0.1, 0.15) is 0 Å². The van der Waals surface area contributed by atoms with Gasteiger partial charge in [0.05, 0.1) is 5.75 Å². The van der Waals surface area contributed by atoms with Crippen LogP contribution in [-0.2, 0) is 14.8 Å². The Morgan fingerprint density at radius 1 is 1.15 bits per heavy atom. The van der Waals surface area contributed by atoms with Crippen LogP contribution in [0.4, 0.5) is 0 Å². The van der Waals surface area contributed by atoms with E-state index >= 15 is 0 Å². The number of hydrogen-bond donors (Lipinski definition) is 1. The lowest BCUT2D eigenvalue weighted by Gasteiger charge is -2.33. The van der Waals surface area contributed by atoms with E-state index in [1.54, 1.807) is 4.31 Å². The summed E-state index contributed by atoms with van der Waals surface area (Å²) < 4.78 is 31.0. The van der Waals surface area contributed by atoms with Crippen molar-refractivity contribution in [2.24, 2.45) is 5.92 Å². The number of hydrogen-bond acceptors (Lipinski definition) is 4. The summed E-state index contributed by atoms with van der Waals surface area (Å²) in [6, 6.07) is 0.478. The molecule has 0 aliphatic carbocycles. The van der Waals surface area contributed by atoms with Crippen LogP contribution < -0.4 is 5.32 Å². The van der Waals surface area contributed by atoms with Gasteiger partial charge in [-0.2, -0.15) is 0 Å². The van der Waals surface area contributed by atoms with Crippen LogP contribution in [0.2, 0.25) is 0 Å². The standard InChI is InChI=1S/C14H28N2O3S/c1-2-11-20(17,18)16-7-3-14(4-8-16)15-12-13-5-9-19-10-6-13/h13-15H,2-12H2,1H3. The largest absolute Gasteiger partial charge is 0.381 e. The highest BCUT2D eigenvalue weighted by atomic mass is 32.2. The molecule has 118 valence electrons. The summed E-state index contributed by atoms with van der Waals surface area (Å²) in [5.41, 5.74) is 0. The van der Waals surface area contributed by atoms with Crippen molar-refractivity contribution in [1.82, 2.24) is 9.62 Å². The molecule has 0 aromatic heterocycles. The van der Waals surface area contributed by atoms with Gasteiger partial charge in [0.2, 0.25) is 10.0 Å². The Kier molecular flexibility index (Phi) is 6.26. The van der Waals surface area contributed by atoms with Crippen LogP contribution in [0.1, 0.15) is 39.0 Å². The van der Waals surface area contributed by atoms with Gasteiger partial charge < -0.3 is 10.1 Å². The smallest absolute Gasteiger partial charge is 0.214 e. The molecule has 0 saturated carbocycles. The van der Waals surface area contributed by atoms with Gasteiger partial charge in [-0.25, -0.2) is 12.7 Å². The van der Waals surface area contributed by atoms with Crippen molar-refractivity contribution in [3.8, 4) is 0 Å². The van der Waals surface area contributed by atoms with Crippen LogP contribution in [0.25, 0.3) is 0 Å². The Labute approximate surface area is 123 Å². The van der Waals surface area contributed by atoms with Gasteiger partial charge in [0, 0.05) is 32.3 Å². The van der Waals surface area contributed by atoms with Crippen molar-refractivity contribution < 1.29 is 13.2 Å². The fourth-order valence-corrected chi connectivity index (χ4v) is 4.55. The van der Waals surface area contributed by atoms with Gasteiger partial charge in [-0.1, -0.05) is 6.92 Å². The predicted molar refractivity (Wildman–Crippen MR) is 80.2 cm³/mol. The van der Waals surface area contributed by atoms with E-state index in [0.717, 1.165) is 51.4 Å². The maximum absolute atomic E-state index is 12.0. The number of nitrogens with zero attached hydrogens (tertiary/aromatic N) is 1. The zero-order chi connectivity index (χ0) is 14.4. The predicted octanol–water partition coefficient (Wildman–Crippen LogP) is 1.21. The Bertz CT molecular complexity index is 372. The summed E-state index contributed by atoms with van der Waals surface area (Å²) in [6.45, 7) is 6.09. The van der Waals surface area contributed by atoms with Crippen LogP contribution >= 0.6 is 0 Å². The molecule has 0 unspecified atom stereocenters.